The van der Waals surface area contributed by atoms with Crippen LogP contribution in [-0.2, 0) is 25.9 Å². The van der Waals surface area contributed by atoms with Gasteiger partial charge in [0, 0.05) is 25.8 Å². The van der Waals surface area contributed by atoms with Crippen LogP contribution in [0.4, 0.5) is 26.3 Å². The molecule has 2 aromatic heterocycles. The van der Waals surface area contributed by atoms with Gasteiger partial charge in [-0.05, 0) is 35.3 Å². The lowest BCUT2D eigenvalue weighted by Crippen LogP contribution is -2.26. The van der Waals surface area contributed by atoms with E-state index in [-0.39, 0.29) is 19.5 Å². The lowest BCUT2D eigenvalue weighted by Gasteiger charge is -2.07. The van der Waals surface area contributed by atoms with Crippen LogP contribution in [0.1, 0.15) is 34.0 Å². The Morgan fingerprint density at radius 3 is 2.30 bits per heavy atom. The van der Waals surface area contributed by atoms with E-state index in [0.29, 0.717) is 10.4 Å². The van der Waals surface area contributed by atoms with Crippen LogP contribution >= 0.6 is 15.9 Å². The number of aryl methyl sites for hydroxylation is 3. The summed E-state index contributed by atoms with van der Waals surface area (Å²) in [5.74, 6) is -0.832. The molecule has 6 nitrogen and oxygen atoms in total. The summed E-state index contributed by atoms with van der Waals surface area (Å²) in [6.07, 6.45) is -9.01. The predicted molar refractivity (Wildman–Crippen MR) is 84.8 cm³/mol. The van der Waals surface area contributed by atoms with Gasteiger partial charge in [-0.15, -0.1) is 0 Å². The fraction of sp³-hybridized carbons (Fsp3) is 0.500. The van der Waals surface area contributed by atoms with Gasteiger partial charge >= 0.3 is 12.4 Å². The molecule has 0 spiro atoms. The molecule has 27 heavy (non-hydrogen) atoms. The van der Waals surface area contributed by atoms with Crippen LogP contribution in [0.25, 0.3) is 0 Å². The number of rotatable bonds is 5. The van der Waals surface area contributed by atoms with Crippen molar-refractivity contribution in [3.05, 3.63) is 33.3 Å². The van der Waals surface area contributed by atoms with E-state index in [2.05, 4.69) is 31.4 Å². The normalized spacial score (nSPS) is 12.5. The highest BCUT2D eigenvalue weighted by molar-refractivity contribution is 9.10. The molecule has 150 valence electrons. The second-order valence-electron chi connectivity index (χ2n) is 5.63. The minimum atomic E-state index is -4.69. The zero-order valence-electron chi connectivity index (χ0n) is 14.0. The summed E-state index contributed by atoms with van der Waals surface area (Å²) < 4.78 is 77.7. The van der Waals surface area contributed by atoms with Crippen LogP contribution in [0.15, 0.2) is 10.5 Å². The van der Waals surface area contributed by atoms with Gasteiger partial charge in [0.25, 0.3) is 5.91 Å². The minimum Gasteiger partial charge on any atom is -0.351 e. The SMILES string of the molecule is Cc1cc(C(F)(F)F)nn1CCCNC(=O)c1nn(C)c(C(F)(F)F)c1Br. The molecule has 2 heterocycles. The Morgan fingerprint density at radius 2 is 1.81 bits per heavy atom. The Labute approximate surface area is 157 Å². The van der Waals surface area contributed by atoms with E-state index in [9.17, 15) is 31.1 Å². The summed E-state index contributed by atoms with van der Waals surface area (Å²) in [6, 6.07) is 0.905. The van der Waals surface area contributed by atoms with E-state index in [4.69, 9.17) is 0 Å². The number of hydrogen-bond acceptors (Lipinski definition) is 3. The summed E-state index contributed by atoms with van der Waals surface area (Å²) in [5, 5.41) is 9.38. The third-order valence-corrected chi connectivity index (χ3v) is 4.33. The van der Waals surface area contributed by atoms with Crippen molar-refractivity contribution in [2.24, 2.45) is 7.05 Å². The summed E-state index contributed by atoms with van der Waals surface area (Å²) >= 11 is 2.73. The van der Waals surface area contributed by atoms with Gasteiger partial charge in [-0.2, -0.15) is 36.5 Å². The number of hydrogen-bond donors (Lipinski definition) is 1. The predicted octanol–water partition coefficient (Wildman–Crippen LogP) is 3.55. The zero-order valence-corrected chi connectivity index (χ0v) is 15.6. The van der Waals surface area contributed by atoms with Crippen LogP contribution < -0.4 is 5.32 Å². The number of amides is 1. The Kier molecular flexibility index (Phi) is 5.92. The third-order valence-electron chi connectivity index (χ3n) is 3.58. The molecular formula is C14H14BrF6N5O. The fourth-order valence-corrected chi connectivity index (χ4v) is 3.08. The molecule has 1 amide bonds. The highest BCUT2D eigenvalue weighted by Crippen LogP contribution is 2.36. The first-order valence-electron chi connectivity index (χ1n) is 7.52. The van der Waals surface area contributed by atoms with Crippen LogP contribution in [0.5, 0.6) is 0 Å². The Hall–Kier alpha value is -2.05. The van der Waals surface area contributed by atoms with E-state index in [1.807, 2.05) is 0 Å². The van der Waals surface area contributed by atoms with Crippen molar-refractivity contribution in [3.63, 3.8) is 0 Å². The van der Waals surface area contributed by atoms with Gasteiger partial charge in [-0.3, -0.25) is 14.2 Å². The molecule has 0 fully saturated rings. The lowest BCUT2D eigenvalue weighted by molar-refractivity contribution is -0.144. The summed E-state index contributed by atoms with van der Waals surface area (Å²) in [6.45, 7) is 1.58. The van der Waals surface area contributed by atoms with Crippen LogP contribution in [-0.4, -0.2) is 32.0 Å². The second kappa shape index (κ2) is 7.52. The molecule has 0 atom stereocenters. The molecule has 0 radical (unpaired) electrons. The van der Waals surface area contributed by atoms with Crippen molar-refractivity contribution in [3.8, 4) is 0 Å². The average Bonchev–Trinajstić information content (AvgIpc) is 3.02. The van der Waals surface area contributed by atoms with Crippen molar-refractivity contribution in [1.82, 2.24) is 24.9 Å². The molecule has 1 N–H and O–H groups in total. The molecule has 0 saturated heterocycles. The molecule has 0 aliphatic carbocycles. The van der Waals surface area contributed by atoms with Crippen molar-refractivity contribution >= 4 is 21.8 Å². The Morgan fingerprint density at radius 1 is 1.19 bits per heavy atom. The van der Waals surface area contributed by atoms with Crippen molar-refractivity contribution in [1.29, 1.82) is 0 Å². The van der Waals surface area contributed by atoms with Gasteiger partial charge in [-0.25, -0.2) is 0 Å². The summed E-state index contributed by atoms with van der Waals surface area (Å²) in [4.78, 5) is 12.0. The third kappa shape index (κ3) is 4.82. The summed E-state index contributed by atoms with van der Waals surface area (Å²) in [5.41, 5.74) is -2.24. The number of carbonyl (C=O) groups is 1. The molecule has 13 heteroatoms. The highest BCUT2D eigenvalue weighted by Gasteiger charge is 2.39. The molecule has 2 rings (SSSR count). The monoisotopic (exact) mass is 461 g/mol. The van der Waals surface area contributed by atoms with Gasteiger partial charge in [0.1, 0.15) is 0 Å². The van der Waals surface area contributed by atoms with E-state index in [1.165, 1.54) is 6.92 Å². The molecule has 0 bridgehead atoms. The molecule has 2 aromatic rings. The Bertz CT molecular complexity index is 838. The standard InChI is InChI=1S/C14H14BrF6N5O/c1-7-6-8(13(16,17)18)23-26(7)5-3-4-22-12(27)10-9(15)11(14(19,20)21)25(2)24-10/h6H,3-5H2,1-2H3,(H,22,27). The molecule has 0 aromatic carbocycles. The lowest BCUT2D eigenvalue weighted by atomic mass is 10.3. The minimum absolute atomic E-state index is 0.0177. The van der Waals surface area contributed by atoms with Crippen molar-refractivity contribution in [2.75, 3.05) is 6.54 Å². The molecule has 0 aliphatic heterocycles. The first kappa shape index (κ1) is 21.3. The largest absolute Gasteiger partial charge is 0.435 e. The maximum absolute atomic E-state index is 12.9. The molecule has 0 aliphatic rings. The molecular weight excluding hydrogens is 448 g/mol. The summed E-state index contributed by atoms with van der Waals surface area (Å²) in [7, 11) is 1.06. The number of aromatic nitrogens is 4. The van der Waals surface area contributed by atoms with E-state index in [1.54, 1.807) is 0 Å². The van der Waals surface area contributed by atoms with Gasteiger partial charge < -0.3 is 5.32 Å². The van der Waals surface area contributed by atoms with Gasteiger partial charge in [0.2, 0.25) is 0 Å². The van der Waals surface area contributed by atoms with Gasteiger partial charge in [-0.1, -0.05) is 0 Å². The van der Waals surface area contributed by atoms with Crippen LogP contribution in [0, 0.1) is 6.92 Å². The number of halogens is 7. The zero-order chi connectivity index (χ0) is 20.6. The maximum Gasteiger partial charge on any atom is 0.435 e. The topological polar surface area (TPSA) is 64.7 Å². The second-order valence-corrected chi connectivity index (χ2v) is 6.43. The quantitative estimate of drug-likeness (QED) is 0.547. The van der Waals surface area contributed by atoms with Gasteiger partial charge in [0.15, 0.2) is 17.1 Å². The van der Waals surface area contributed by atoms with E-state index >= 15 is 0 Å². The average molecular weight is 462 g/mol. The maximum atomic E-state index is 12.9. The van der Waals surface area contributed by atoms with Crippen LogP contribution in [0.2, 0.25) is 0 Å². The van der Waals surface area contributed by atoms with E-state index in [0.717, 1.165) is 17.8 Å². The molecule has 0 unspecified atom stereocenters. The first-order valence-corrected chi connectivity index (χ1v) is 8.31. The Balaban J connectivity index is 1.95. The highest BCUT2D eigenvalue weighted by atomic mass is 79.9. The number of nitrogens with zero attached hydrogens (tertiary/aromatic N) is 4. The smallest absolute Gasteiger partial charge is 0.351 e. The van der Waals surface area contributed by atoms with Crippen LogP contribution in [0.3, 0.4) is 0 Å². The van der Waals surface area contributed by atoms with Crippen molar-refractivity contribution < 1.29 is 31.1 Å². The van der Waals surface area contributed by atoms with Gasteiger partial charge in [0.05, 0.1) is 4.47 Å². The first-order chi connectivity index (χ1) is 12.3. The number of nitrogens with one attached hydrogen (secondary N) is 1. The molecule has 0 saturated carbocycles. The number of carbonyl (C=O) groups excluding carboxylic acids is 1. The number of alkyl halides is 6. The fourth-order valence-electron chi connectivity index (χ4n) is 2.34. The van der Waals surface area contributed by atoms with Crippen molar-refractivity contribution in [2.45, 2.75) is 32.2 Å². The van der Waals surface area contributed by atoms with E-state index < -0.39 is 39.8 Å².